The van der Waals surface area contributed by atoms with Crippen LogP contribution in [-0.4, -0.2) is 11.9 Å². The van der Waals surface area contributed by atoms with Crippen molar-refractivity contribution in [2.75, 3.05) is 5.32 Å². The fourth-order valence-electron chi connectivity index (χ4n) is 2.97. The Hall–Kier alpha value is -2.20. The number of rotatable bonds is 6. The highest BCUT2D eigenvalue weighted by molar-refractivity contribution is 5.94. The molecule has 2 atom stereocenters. The zero-order chi connectivity index (χ0) is 18.0. The first-order valence-corrected chi connectivity index (χ1v) is 8.83. The molecule has 4 heteroatoms. The quantitative estimate of drug-likeness (QED) is 0.812. The number of halogens is 1. The van der Waals surface area contributed by atoms with Gasteiger partial charge in [-0.15, -0.1) is 0 Å². The maximum Gasteiger partial charge on any atom is 0.241 e. The summed E-state index contributed by atoms with van der Waals surface area (Å²) in [6.07, 6.45) is 2.37. The van der Waals surface area contributed by atoms with E-state index in [1.54, 1.807) is 19.1 Å². The van der Waals surface area contributed by atoms with Crippen LogP contribution in [0.3, 0.4) is 0 Å². The predicted octanol–water partition coefficient (Wildman–Crippen LogP) is 4.51. The Morgan fingerprint density at radius 1 is 1.12 bits per heavy atom. The number of carbonyl (C=O) groups excluding carboxylic acids is 1. The molecule has 1 aliphatic carbocycles. The van der Waals surface area contributed by atoms with Crippen LogP contribution in [0.4, 0.5) is 10.1 Å². The molecular weight excluding hydrogens is 315 g/mol. The van der Waals surface area contributed by atoms with Crippen molar-refractivity contribution < 1.29 is 9.18 Å². The minimum atomic E-state index is -0.365. The molecule has 1 aliphatic rings. The first-order valence-electron chi connectivity index (χ1n) is 8.83. The molecule has 1 saturated carbocycles. The lowest BCUT2D eigenvalue weighted by atomic mass is 10.00. The molecule has 0 aliphatic heterocycles. The van der Waals surface area contributed by atoms with Crippen LogP contribution in [0.15, 0.2) is 42.5 Å². The molecular formula is C21H25FN2O. The summed E-state index contributed by atoms with van der Waals surface area (Å²) >= 11 is 0. The van der Waals surface area contributed by atoms with Gasteiger partial charge in [0.15, 0.2) is 0 Å². The van der Waals surface area contributed by atoms with E-state index >= 15 is 0 Å². The first-order chi connectivity index (χ1) is 11.9. The van der Waals surface area contributed by atoms with Crippen molar-refractivity contribution in [3.63, 3.8) is 0 Å². The van der Waals surface area contributed by atoms with Gasteiger partial charge in [0.05, 0.1) is 6.04 Å². The highest BCUT2D eigenvalue weighted by Crippen LogP contribution is 2.41. The summed E-state index contributed by atoms with van der Waals surface area (Å²) in [5.74, 6) is 0.115. The van der Waals surface area contributed by atoms with Gasteiger partial charge in [0.25, 0.3) is 0 Å². The number of amides is 1. The van der Waals surface area contributed by atoms with Gasteiger partial charge in [-0.3, -0.25) is 10.1 Å². The highest BCUT2D eigenvalue weighted by Gasteiger charge is 2.34. The summed E-state index contributed by atoms with van der Waals surface area (Å²) in [6, 6.07) is 13.0. The molecule has 0 heterocycles. The van der Waals surface area contributed by atoms with Gasteiger partial charge in [-0.2, -0.15) is 0 Å². The van der Waals surface area contributed by atoms with Crippen LogP contribution >= 0.6 is 0 Å². The van der Waals surface area contributed by atoms with Gasteiger partial charge in [-0.1, -0.05) is 35.9 Å². The van der Waals surface area contributed by atoms with Gasteiger partial charge < -0.3 is 5.32 Å². The molecule has 2 aromatic rings. The number of hydrogen-bond acceptors (Lipinski definition) is 2. The van der Waals surface area contributed by atoms with Gasteiger partial charge >= 0.3 is 0 Å². The van der Waals surface area contributed by atoms with E-state index in [9.17, 15) is 9.18 Å². The third-order valence-electron chi connectivity index (χ3n) is 4.79. The molecule has 0 unspecified atom stereocenters. The van der Waals surface area contributed by atoms with E-state index in [1.165, 1.54) is 30.0 Å². The van der Waals surface area contributed by atoms with Crippen molar-refractivity contribution in [1.29, 1.82) is 0 Å². The topological polar surface area (TPSA) is 41.1 Å². The van der Waals surface area contributed by atoms with Gasteiger partial charge in [0.2, 0.25) is 5.91 Å². The van der Waals surface area contributed by atoms with Crippen LogP contribution in [0.25, 0.3) is 0 Å². The van der Waals surface area contributed by atoms with Gasteiger partial charge in [0.1, 0.15) is 5.82 Å². The van der Waals surface area contributed by atoms with Crippen molar-refractivity contribution in [3.8, 4) is 0 Å². The van der Waals surface area contributed by atoms with Crippen LogP contribution in [-0.2, 0) is 4.79 Å². The summed E-state index contributed by atoms with van der Waals surface area (Å²) in [6.45, 7) is 5.62. The maximum atomic E-state index is 13.6. The summed E-state index contributed by atoms with van der Waals surface area (Å²) in [5.41, 5.74) is 3.50. The van der Waals surface area contributed by atoms with Crippen molar-refractivity contribution >= 4 is 11.6 Å². The maximum absolute atomic E-state index is 13.6. The monoisotopic (exact) mass is 340 g/mol. The van der Waals surface area contributed by atoms with Crippen LogP contribution in [0.5, 0.6) is 0 Å². The largest absolute Gasteiger partial charge is 0.325 e. The molecule has 0 radical (unpaired) electrons. The summed E-state index contributed by atoms with van der Waals surface area (Å²) in [5, 5.41) is 6.25. The van der Waals surface area contributed by atoms with E-state index in [-0.39, 0.29) is 23.8 Å². The Balaban J connectivity index is 1.66. The molecule has 1 amide bonds. The van der Waals surface area contributed by atoms with Crippen LogP contribution in [0, 0.1) is 25.6 Å². The number of aryl methyl sites for hydroxylation is 2. The molecule has 0 bridgehead atoms. The van der Waals surface area contributed by atoms with Crippen molar-refractivity contribution in [2.24, 2.45) is 5.92 Å². The average molecular weight is 340 g/mol. The van der Waals surface area contributed by atoms with Gasteiger partial charge in [-0.05, 0) is 62.8 Å². The second kappa shape index (κ2) is 7.36. The molecule has 0 saturated heterocycles. The van der Waals surface area contributed by atoms with Crippen molar-refractivity contribution in [3.05, 3.63) is 65.0 Å². The van der Waals surface area contributed by atoms with Gasteiger partial charge in [-0.25, -0.2) is 4.39 Å². The molecule has 3 rings (SSSR count). The molecule has 2 N–H and O–H groups in total. The van der Waals surface area contributed by atoms with Crippen LogP contribution < -0.4 is 10.6 Å². The second-order valence-electron chi connectivity index (χ2n) is 7.07. The lowest BCUT2D eigenvalue weighted by Crippen LogP contribution is -2.41. The number of carbonyl (C=O) groups is 1. The summed E-state index contributed by atoms with van der Waals surface area (Å²) in [7, 11) is 0. The van der Waals surface area contributed by atoms with E-state index in [4.69, 9.17) is 0 Å². The van der Waals surface area contributed by atoms with Crippen LogP contribution in [0.1, 0.15) is 42.5 Å². The number of anilines is 1. The number of benzene rings is 2. The summed E-state index contributed by atoms with van der Waals surface area (Å²) < 4.78 is 13.6. The predicted molar refractivity (Wildman–Crippen MR) is 99.0 cm³/mol. The van der Waals surface area contributed by atoms with E-state index in [2.05, 4.69) is 41.8 Å². The van der Waals surface area contributed by atoms with E-state index < -0.39 is 0 Å². The molecule has 1 fully saturated rings. The van der Waals surface area contributed by atoms with Crippen molar-refractivity contribution in [2.45, 2.75) is 45.7 Å². The fourth-order valence-corrected chi connectivity index (χ4v) is 2.97. The molecule has 0 spiro atoms. The van der Waals surface area contributed by atoms with Crippen LogP contribution in [0.2, 0.25) is 0 Å². The number of nitrogens with one attached hydrogen (secondary N) is 2. The summed E-state index contributed by atoms with van der Waals surface area (Å²) in [4.78, 5) is 12.5. The van der Waals surface area contributed by atoms with E-state index in [0.29, 0.717) is 17.2 Å². The Bertz CT molecular complexity index is 753. The minimum Gasteiger partial charge on any atom is -0.325 e. The highest BCUT2D eigenvalue weighted by atomic mass is 19.1. The van der Waals surface area contributed by atoms with Crippen molar-refractivity contribution in [1.82, 2.24) is 5.32 Å². The standard InChI is InChI=1S/C21H25FN2O/c1-13-4-7-16(8-5-13)20(17-9-10-17)23-15(3)21(25)24-18-11-6-14(2)19(22)12-18/h4-8,11-12,15,17,20,23H,9-10H2,1-3H3,(H,24,25)/t15-,20+/m0/s1. The number of hydrogen-bond donors (Lipinski definition) is 2. The third kappa shape index (κ3) is 4.45. The Kier molecular flexibility index (Phi) is 5.19. The zero-order valence-electron chi connectivity index (χ0n) is 15.0. The fraction of sp³-hybridized carbons (Fsp3) is 0.381. The lowest BCUT2D eigenvalue weighted by molar-refractivity contribution is -0.118. The smallest absolute Gasteiger partial charge is 0.241 e. The SMILES string of the molecule is Cc1ccc([C@@H](N[C@@H](C)C(=O)Nc2ccc(C)c(F)c2)C2CC2)cc1. The lowest BCUT2D eigenvalue weighted by Gasteiger charge is -2.23. The minimum absolute atomic E-state index is 0.152. The first kappa shape index (κ1) is 17.6. The normalized spacial score (nSPS) is 16.3. The second-order valence-corrected chi connectivity index (χ2v) is 7.07. The Morgan fingerprint density at radius 2 is 1.80 bits per heavy atom. The van der Waals surface area contributed by atoms with Gasteiger partial charge in [0, 0.05) is 11.7 Å². The molecule has 25 heavy (non-hydrogen) atoms. The Morgan fingerprint density at radius 3 is 2.40 bits per heavy atom. The average Bonchev–Trinajstić information content (AvgIpc) is 3.41. The van der Waals surface area contributed by atoms with E-state index in [1.807, 2.05) is 6.92 Å². The third-order valence-corrected chi connectivity index (χ3v) is 4.79. The zero-order valence-corrected chi connectivity index (χ0v) is 15.0. The molecule has 3 nitrogen and oxygen atoms in total. The van der Waals surface area contributed by atoms with E-state index in [0.717, 1.165) is 0 Å². The molecule has 2 aromatic carbocycles. The Labute approximate surface area is 148 Å². The molecule has 0 aromatic heterocycles. The molecule has 132 valence electrons.